The SMILES string of the molecule is C[C@@H](NC(=O)Cn1ncc([N+](=O)[O-])c1N)c1ccc2c(c1)CCCC2. The average Bonchev–Trinajstić information content (AvgIpc) is 2.95. The highest BCUT2D eigenvalue weighted by Gasteiger charge is 2.20. The standard InChI is InChI=1S/C17H21N5O3/c1-11(13-7-6-12-4-2-3-5-14(12)8-13)20-16(23)10-21-17(18)15(9-19-21)22(24)25/h6-9,11H,2-5,10,18H2,1H3,(H,20,23)/t11-/m1/s1. The second kappa shape index (κ2) is 6.92. The Bertz CT molecular complexity index is 815. The fourth-order valence-electron chi connectivity index (χ4n) is 3.18. The van der Waals surface area contributed by atoms with Crippen LogP contribution in [0, 0.1) is 10.1 Å². The first kappa shape index (κ1) is 16.9. The van der Waals surface area contributed by atoms with Crippen LogP contribution < -0.4 is 11.1 Å². The molecule has 0 aliphatic heterocycles. The van der Waals surface area contributed by atoms with Gasteiger partial charge < -0.3 is 11.1 Å². The van der Waals surface area contributed by atoms with E-state index in [-0.39, 0.29) is 30.0 Å². The molecule has 8 nitrogen and oxygen atoms in total. The van der Waals surface area contributed by atoms with Crippen LogP contribution in [0.2, 0.25) is 0 Å². The molecule has 25 heavy (non-hydrogen) atoms. The lowest BCUT2D eigenvalue weighted by Gasteiger charge is -2.20. The number of aryl methyl sites for hydroxylation is 2. The Morgan fingerprint density at radius 3 is 2.80 bits per heavy atom. The lowest BCUT2D eigenvalue weighted by atomic mass is 9.89. The van der Waals surface area contributed by atoms with Crippen LogP contribution in [0.25, 0.3) is 0 Å². The van der Waals surface area contributed by atoms with Crippen molar-refractivity contribution in [2.75, 3.05) is 5.73 Å². The topological polar surface area (TPSA) is 116 Å². The Labute approximate surface area is 145 Å². The van der Waals surface area contributed by atoms with E-state index < -0.39 is 4.92 Å². The van der Waals surface area contributed by atoms with Crippen LogP contribution in [-0.2, 0) is 24.2 Å². The van der Waals surface area contributed by atoms with Crippen molar-refractivity contribution in [3.05, 3.63) is 51.2 Å². The third-order valence-electron chi connectivity index (χ3n) is 4.60. The first-order chi connectivity index (χ1) is 12.0. The van der Waals surface area contributed by atoms with Gasteiger partial charge in [-0.2, -0.15) is 5.10 Å². The van der Waals surface area contributed by atoms with Crippen molar-refractivity contribution in [1.82, 2.24) is 15.1 Å². The molecule has 0 fully saturated rings. The van der Waals surface area contributed by atoms with Gasteiger partial charge in [0.1, 0.15) is 12.7 Å². The molecule has 0 saturated heterocycles. The van der Waals surface area contributed by atoms with Gasteiger partial charge >= 0.3 is 5.69 Å². The van der Waals surface area contributed by atoms with Crippen molar-refractivity contribution in [2.45, 2.75) is 45.2 Å². The maximum absolute atomic E-state index is 12.2. The van der Waals surface area contributed by atoms with Gasteiger partial charge in [0.15, 0.2) is 0 Å². The molecule has 1 heterocycles. The Balaban J connectivity index is 1.65. The zero-order valence-electron chi connectivity index (χ0n) is 14.1. The lowest BCUT2D eigenvalue weighted by Crippen LogP contribution is -2.31. The highest BCUT2D eigenvalue weighted by molar-refractivity contribution is 5.77. The number of benzene rings is 1. The molecule has 0 bridgehead atoms. The molecule has 3 N–H and O–H groups in total. The molecule has 0 unspecified atom stereocenters. The molecule has 0 saturated carbocycles. The number of carbonyl (C=O) groups excluding carboxylic acids is 1. The van der Waals surface area contributed by atoms with E-state index in [9.17, 15) is 14.9 Å². The summed E-state index contributed by atoms with van der Waals surface area (Å²) in [5.74, 6) is -0.420. The van der Waals surface area contributed by atoms with E-state index in [1.165, 1.54) is 24.0 Å². The number of nitro groups is 1. The van der Waals surface area contributed by atoms with E-state index in [0.29, 0.717) is 0 Å². The molecular weight excluding hydrogens is 322 g/mol. The maximum atomic E-state index is 12.2. The number of nitrogen functional groups attached to an aromatic ring is 1. The highest BCUT2D eigenvalue weighted by Crippen LogP contribution is 2.25. The van der Waals surface area contributed by atoms with Gasteiger partial charge in [-0.1, -0.05) is 18.2 Å². The predicted octanol–water partition coefficient (Wildman–Crippen LogP) is 2.13. The number of carbonyl (C=O) groups is 1. The summed E-state index contributed by atoms with van der Waals surface area (Å²) < 4.78 is 1.13. The fraction of sp³-hybridized carbons (Fsp3) is 0.412. The number of anilines is 1. The Morgan fingerprint density at radius 2 is 2.12 bits per heavy atom. The zero-order valence-corrected chi connectivity index (χ0v) is 14.1. The minimum atomic E-state index is -0.619. The maximum Gasteiger partial charge on any atom is 0.330 e. The number of rotatable bonds is 5. The second-order valence-electron chi connectivity index (χ2n) is 6.35. The van der Waals surface area contributed by atoms with E-state index >= 15 is 0 Å². The Kier molecular flexibility index (Phi) is 4.69. The highest BCUT2D eigenvalue weighted by atomic mass is 16.6. The number of nitrogens with two attached hydrogens (primary N) is 1. The van der Waals surface area contributed by atoms with Crippen LogP contribution in [0.3, 0.4) is 0 Å². The van der Waals surface area contributed by atoms with Crippen molar-refractivity contribution in [1.29, 1.82) is 0 Å². The summed E-state index contributed by atoms with van der Waals surface area (Å²) in [7, 11) is 0. The van der Waals surface area contributed by atoms with Crippen LogP contribution in [-0.4, -0.2) is 20.6 Å². The molecular formula is C17H21N5O3. The van der Waals surface area contributed by atoms with Crippen LogP contribution in [0.4, 0.5) is 11.5 Å². The molecule has 0 spiro atoms. The molecule has 1 amide bonds. The summed E-state index contributed by atoms with van der Waals surface area (Å²) >= 11 is 0. The van der Waals surface area contributed by atoms with Crippen molar-refractivity contribution < 1.29 is 9.72 Å². The van der Waals surface area contributed by atoms with E-state index in [2.05, 4.69) is 22.5 Å². The Hall–Kier alpha value is -2.90. The summed E-state index contributed by atoms with van der Waals surface area (Å²) in [5, 5.41) is 17.5. The van der Waals surface area contributed by atoms with Crippen LogP contribution >= 0.6 is 0 Å². The summed E-state index contributed by atoms with van der Waals surface area (Å²) in [4.78, 5) is 22.4. The normalized spacial score (nSPS) is 14.6. The lowest BCUT2D eigenvalue weighted by molar-refractivity contribution is -0.384. The van der Waals surface area contributed by atoms with Crippen molar-refractivity contribution >= 4 is 17.4 Å². The van der Waals surface area contributed by atoms with Gasteiger partial charge in [-0.3, -0.25) is 14.9 Å². The Morgan fingerprint density at radius 1 is 1.40 bits per heavy atom. The number of amides is 1. The molecule has 2 aromatic rings. The van der Waals surface area contributed by atoms with E-state index in [1.807, 2.05) is 13.0 Å². The van der Waals surface area contributed by atoms with Gasteiger partial charge in [0, 0.05) is 0 Å². The van der Waals surface area contributed by atoms with Gasteiger partial charge in [-0.15, -0.1) is 0 Å². The van der Waals surface area contributed by atoms with Gasteiger partial charge in [0.05, 0.1) is 11.0 Å². The molecule has 0 radical (unpaired) electrons. The third-order valence-corrected chi connectivity index (χ3v) is 4.60. The molecule has 132 valence electrons. The number of aromatic nitrogens is 2. The van der Waals surface area contributed by atoms with Gasteiger partial charge in [0.2, 0.25) is 11.7 Å². The summed E-state index contributed by atoms with van der Waals surface area (Å²) in [5.41, 5.74) is 9.15. The minimum Gasteiger partial charge on any atom is -0.378 e. The number of fused-ring (bicyclic) bond motifs is 1. The number of hydrogen-bond acceptors (Lipinski definition) is 5. The first-order valence-corrected chi connectivity index (χ1v) is 8.32. The monoisotopic (exact) mass is 343 g/mol. The molecule has 3 rings (SSSR count). The molecule has 1 aromatic carbocycles. The summed E-state index contributed by atoms with van der Waals surface area (Å²) in [6.07, 6.45) is 5.69. The van der Waals surface area contributed by atoms with Gasteiger partial charge in [0.25, 0.3) is 0 Å². The quantitative estimate of drug-likeness (QED) is 0.637. The second-order valence-corrected chi connectivity index (χ2v) is 6.35. The molecule has 1 aliphatic carbocycles. The summed E-state index contributed by atoms with van der Waals surface area (Å²) in [6.45, 7) is 1.76. The fourth-order valence-corrected chi connectivity index (χ4v) is 3.18. The van der Waals surface area contributed by atoms with E-state index in [0.717, 1.165) is 29.3 Å². The first-order valence-electron chi connectivity index (χ1n) is 8.32. The minimum absolute atomic E-state index is 0.124. The zero-order chi connectivity index (χ0) is 18.0. The van der Waals surface area contributed by atoms with Crippen molar-refractivity contribution in [3.63, 3.8) is 0 Å². The van der Waals surface area contributed by atoms with Crippen molar-refractivity contribution in [2.24, 2.45) is 0 Å². The van der Waals surface area contributed by atoms with Crippen molar-refractivity contribution in [3.8, 4) is 0 Å². The van der Waals surface area contributed by atoms with Gasteiger partial charge in [-0.05, 0) is 49.3 Å². The van der Waals surface area contributed by atoms with Gasteiger partial charge in [-0.25, -0.2) is 4.68 Å². The number of nitrogens with one attached hydrogen (secondary N) is 1. The third kappa shape index (κ3) is 3.62. The molecule has 1 atom stereocenters. The van der Waals surface area contributed by atoms with Crippen LogP contribution in [0.15, 0.2) is 24.4 Å². The summed E-state index contributed by atoms with van der Waals surface area (Å²) in [6, 6.07) is 6.18. The average molecular weight is 343 g/mol. The predicted molar refractivity (Wildman–Crippen MR) is 92.9 cm³/mol. The molecule has 1 aliphatic rings. The molecule has 8 heteroatoms. The number of hydrogen-bond donors (Lipinski definition) is 2. The van der Waals surface area contributed by atoms with Crippen LogP contribution in [0.5, 0.6) is 0 Å². The van der Waals surface area contributed by atoms with E-state index in [1.54, 1.807) is 0 Å². The number of nitrogens with zero attached hydrogens (tertiary/aromatic N) is 3. The largest absolute Gasteiger partial charge is 0.378 e. The smallest absolute Gasteiger partial charge is 0.330 e. The molecule has 1 aromatic heterocycles. The van der Waals surface area contributed by atoms with E-state index in [4.69, 9.17) is 5.73 Å². The van der Waals surface area contributed by atoms with Crippen LogP contribution in [0.1, 0.15) is 42.5 Å².